The van der Waals surface area contributed by atoms with Crippen molar-refractivity contribution in [3.05, 3.63) is 60.2 Å². The van der Waals surface area contributed by atoms with E-state index in [1.165, 1.54) is 19.3 Å². The van der Waals surface area contributed by atoms with E-state index >= 15 is 0 Å². The van der Waals surface area contributed by atoms with Crippen LogP contribution in [-0.4, -0.2) is 24.8 Å². The maximum Gasteiger partial charge on any atom is 0.180 e. The minimum absolute atomic E-state index is 0.0840. The first kappa shape index (κ1) is 15.9. The van der Waals surface area contributed by atoms with Crippen molar-refractivity contribution in [3.8, 4) is 0 Å². The number of aromatic nitrogens is 5. The normalized spacial score (nSPS) is 16.7. The van der Waals surface area contributed by atoms with Crippen LogP contribution < -0.4 is 5.32 Å². The summed E-state index contributed by atoms with van der Waals surface area (Å²) in [6.07, 6.45) is 8.20. The molecule has 0 aliphatic heterocycles. The van der Waals surface area contributed by atoms with E-state index in [2.05, 4.69) is 62.9 Å². The maximum absolute atomic E-state index is 4.41. The molecule has 6 nitrogen and oxygen atoms in total. The fourth-order valence-electron chi connectivity index (χ4n) is 3.72. The Bertz CT molecular complexity index is 800. The number of aryl methyl sites for hydroxylation is 1. The van der Waals surface area contributed by atoms with E-state index in [1.54, 1.807) is 0 Å². The minimum Gasteiger partial charge on any atom is -0.370 e. The van der Waals surface area contributed by atoms with Crippen molar-refractivity contribution in [2.24, 2.45) is 7.05 Å². The lowest BCUT2D eigenvalue weighted by atomic mass is 9.95. The van der Waals surface area contributed by atoms with E-state index in [4.69, 9.17) is 0 Å². The molecule has 1 aliphatic carbocycles. The molecular weight excluding hydrogens is 312 g/mol. The zero-order valence-electron chi connectivity index (χ0n) is 14.5. The van der Waals surface area contributed by atoms with Crippen molar-refractivity contribution in [3.63, 3.8) is 0 Å². The Morgan fingerprint density at radius 3 is 2.56 bits per heavy atom. The highest BCUT2D eigenvalue weighted by molar-refractivity contribution is 5.46. The Kier molecular flexibility index (Phi) is 4.50. The van der Waals surface area contributed by atoms with E-state index < -0.39 is 0 Å². The molecule has 0 bridgehead atoms. The number of nitrogens with zero attached hydrogens (tertiary/aromatic N) is 5. The van der Waals surface area contributed by atoms with Gasteiger partial charge in [-0.1, -0.05) is 37.5 Å². The summed E-state index contributed by atoms with van der Waals surface area (Å²) in [7, 11) is 2.06. The van der Waals surface area contributed by atoms with Gasteiger partial charge in [0.25, 0.3) is 0 Å². The zero-order chi connectivity index (χ0) is 17.1. The largest absolute Gasteiger partial charge is 0.370 e. The smallest absolute Gasteiger partial charge is 0.180 e. The van der Waals surface area contributed by atoms with Crippen LogP contribution in [0.4, 0.5) is 5.69 Å². The molecule has 1 atom stereocenters. The van der Waals surface area contributed by atoms with Gasteiger partial charge in [-0.25, -0.2) is 4.68 Å². The highest BCUT2D eigenvalue weighted by Crippen LogP contribution is 2.32. The van der Waals surface area contributed by atoms with Gasteiger partial charge in [0, 0.05) is 24.6 Å². The molecule has 2 heterocycles. The Labute approximate surface area is 147 Å². The number of rotatable bonds is 5. The number of hydrogen-bond acceptors (Lipinski definition) is 4. The van der Waals surface area contributed by atoms with Crippen molar-refractivity contribution < 1.29 is 0 Å². The first-order valence-electron chi connectivity index (χ1n) is 9.03. The van der Waals surface area contributed by atoms with Gasteiger partial charge in [-0.15, -0.1) is 5.10 Å². The molecule has 2 aromatic heterocycles. The molecule has 6 heteroatoms. The van der Waals surface area contributed by atoms with Gasteiger partial charge < -0.3 is 9.88 Å². The monoisotopic (exact) mass is 336 g/mol. The molecule has 0 saturated heterocycles. The molecule has 1 N–H and O–H groups in total. The first-order chi connectivity index (χ1) is 12.3. The number of tetrazole rings is 1. The topological polar surface area (TPSA) is 60.6 Å². The lowest BCUT2D eigenvalue weighted by molar-refractivity contribution is 0.315. The highest BCUT2D eigenvalue weighted by Gasteiger charge is 2.27. The van der Waals surface area contributed by atoms with Crippen LogP contribution >= 0.6 is 0 Å². The van der Waals surface area contributed by atoms with Crippen molar-refractivity contribution in [1.82, 2.24) is 24.8 Å². The van der Waals surface area contributed by atoms with Gasteiger partial charge in [-0.05, 0) is 47.5 Å². The molecule has 0 unspecified atom stereocenters. The number of benzene rings is 1. The fourth-order valence-corrected chi connectivity index (χ4v) is 3.72. The second-order valence-electron chi connectivity index (χ2n) is 6.76. The molecular formula is C19H24N6. The summed E-state index contributed by atoms with van der Waals surface area (Å²) < 4.78 is 4.17. The molecule has 130 valence electrons. The number of anilines is 1. The van der Waals surface area contributed by atoms with E-state index in [0.717, 1.165) is 30.0 Å². The number of para-hydroxylation sites is 1. The first-order valence-corrected chi connectivity index (χ1v) is 9.03. The summed E-state index contributed by atoms with van der Waals surface area (Å²) in [6.45, 7) is 0. The predicted octanol–water partition coefficient (Wildman–Crippen LogP) is 3.72. The average Bonchev–Trinajstić information content (AvgIpc) is 3.31. The fraction of sp³-hybridized carbons (Fsp3) is 0.421. The van der Waals surface area contributed by atoms with Crippen molar-refractivity contribution in [1.29, 1.82) is 0 Å². The molecule has 4 rings (SSSR count). The minimum atomic E-state index is -0.0840. The quantitative estimate of drug-likeness (QED) is 0.771. The van der Waals surface area contributed by atoms with Crippen molar-refractivity contribution in [2.75, 3.05) is 5.32 Å². The van der Waals surface area contributed by atoms with Crippen LogP contribution in [0.2, 0.25) is 0 Å². The SMILES string of the molecule is Cn1cccc1[C@@H](Nc1ccccc1)c1nnnn1C1CCCCC1. The third kappa shape index (κ3) is 3.29. The van der Waals surface area contributed by atoms with Crippen LogP contribution in [0.15, 0.2) is 48.7 Å². The molecule has 1 aliphatic rings. The lowest BCUT2D eigenvalue weighted by Crippen LogP contribution is -2.24. The van der Waals surface area contributed by atoms with Crippen LogP contribution in [0.5, 0.6) is 0 Å². The third-order valence-corrected chi connectivity index (χ3v) is 5.06. The lowest BCUT2D eigenvalue weighted by Gasteiger charge is -2.26. The molecule has 0 amide bonds. The number of nitrogens with one attached hydrogen (secondary N) is 1. The van der Waals surface area contributed by atoms with Gasteiger partial charge in [-0.3, -0.25) is 0 Å². The molecule has 0 radical (unpaired) electrons. The molecule has 1 saturated carbocycles. The van der Waals surface area contributed by atoms with Crippen molar-refractivity contribution >= 4 is 5.69 Å². The second-order valence-corrected chi connectivity index (χ2v) is 6.76. The Morgan fingerprint density at radius 2 is 1.84 bits per heavy atom. The number of hydrogen-bond donors (Lipinski definition) is 1. The van der Waals surface area contributed by atoms with Crippen LogP contribution in [0.1, 0.15) is 55.7 Å². The van der Waals surface area contributed by atoms with E-state index in [0.29, 0.717) is 6.04 Å². The summed E-state index contributed by atoms with van der Waals surface area (Å²) >= 11 is 0. The molecule has 1 aromatic carbocycles. The Hall–Kier alpha value is -2.63. The van der Waals surface area contributed by atoms with Crippen LogP contribution in [0.25, 0.3) is 0 Å². The standard InChI is InChI=1S/C19H24N6/c1-24-14-8-13-17(24)18(20-15-9-4-2-5-10-15)19-21-22-23-25(19)16-11-6-3-7-12-16/h2,4-5,8-10,13-14,16,18,20H,3,6-7,11-12H2,1H3/t18-/m1/s1. The molecule has 0 spiro atoms. The van der Waals surface area contributed by atoms with Gasteiger partial charge in [0.1, 0.15) is 6.04 Å². The van der Waals surface area contributed by atoms with Crippen LogP contribution in [0, 0.1) is 0 Å². The summed E-state index contributed by atoms with van der Waals surface area (Å²) in [5, 5.41) is 16.4. The summed E-state index contributed by atoms with van der Waals surface area (Å²) in [4.78, 5) is 0. The predicted molar refractivity (Wildman–Crippen MR) is 97.3 cm³/mol. The van der Waals surface area contributed by atoms with Crippen molar-refractivity contribution in [2.45, 2.75) is 44.2 Å². The van der Waals surface area contributed by atoms with Crippen LogP contribution in [-0.2, 0) is 7.05 Å². The van der Waals surface area contributed by atoms with Gasteiger partial charge in [0.05, 0.1) is 6.04 Å². The van der Waals surface area contributed by atoms with E-state index in [1.807, 2.05) is 22.9 Å². The third-order valence-electron chi connectivity index (χ3n) is 5.06. The van der Waals surface area contributed by atoms with Gasteiger partial charge in [0.15, 0.2) is 5.82 Å². The molecule has 25 heavy (non-hydrogen) atoms. The van der Waals surface area contributed by atoms with Gasteiger partial charge in [-0.2, -0.15) is 0 Å². The van der Waals surface area contributed by atoms with E-state index in [9.17, 15) is 0 Å². The Morgan fingerprint density at radius 1 is 1.04 bits per heavy atom. The summed E-state index contributed by atoms with van der Waals surface area (Å²) in [5.74, 6) is 0.887. The summed E-state index contributed by atoms with van der Waals surface area (Å²) in [6, 6.07) is 14.7. The Balaban J connectivity index is 1.71. The average molecular weight is 336 g/mol. The maximum atomic E-state index is 4.41. The molecule has 1 fully saturated rings. The van der Waals surface area contributed by atoms with Crippen LogP contribution in [0.3, 0.4) is 0 Å². The summed E-state index contributed by atoms with van der Waals surface area (Å²) in [5.41, 5.74) is 2.21. The van der Waals surface area contributed by atoms with Gasteiger partial charge in [0.2, 0.25) is 0 Å². The highest BCUT2D eigenvalue weighted by atomic mass is 15.6. The second kappa shape index (κ2) is 7.09. The van der Waals surface area contributed by atoms with E-state index in [-0.39, 0.29) is 6.04 Å². The van der Waals surface area contributed by atoms with Gasteiger partial charge >= 0.3 is 0 Å². The molecule has 3 aromatic rings. The zero-order valence-corrected chi connectivity index (χ0v) is 14.5.